The standard InChI is InChI=1S/C12H10N2O2/c15-12-10(14-7-3-6-13-14)8-9-4-1-2-5-11(9)16-12/h1-5,7-8,13H,6H2. The highest BCUT2D eigenvalue weighted by Gasteiger charge is 2.12. The van der Waals surface area contributed by atoms with Gasteiger partial charge in [-0.25, -0.2) is 10.2 Å². The number of rotatable bonds is 1. The normalized spacial score (nSPS) is 14.9. The van der Waals surface area contributed by atoms with Gasteiger partial charge in [-0.1, -0.05) is 24.3 Å². The largest absolute Gasteiger partial charge is 0.421 e. The lowest BCUT2D eigenvalue weighted by Gasteiger charge is -2.14. The molecule has 2 heterocycles. The van der Waals surface area contributed by atoms with Crippen molar-refractivity contribution in [1.29, 1.82) is 0 Å². The van der Waals surface area contributed by atoms with Crippen LogP contribution in [0.15, 0.2) is 51.8 Å². The van der Waals surface area contributed by atoms with Crippen molar-refractivity contribution in [2.75, 3.05) is 11.6 Å². The molecule has 0 amide bonds. The molecule has 1 aliphatic heterocycles. The van der Waals surface area contributed by atoms with Crippen molar-refractivity contribution in [3.8, 4) is 0 Å². The molecule has 1 aromatic heterocycles. The Hall–Kier alpha value is -2.07. The molecule has 0 saturated carbocycles. The van der Waals surface area contributed by atoms with Crippen LogP contribution in [0.4, 0.5) is 5.69 Å². The van der Waals surface area contributed by atoms with E-state index in [9.17, 15) is 4.79 Å². The van der Waals surface area contributed by atoms with Crippen LogP contribution in [0.1, 0.15) is 0 Å². The summed E-state index contributed by atoms with van der Waals surface area (Å²) in [4.78, 5) is 11.7. The quantitative estimate of drug-likeness (QED) is 0.733. The van der Waals surface area contributed by atoms with Gasteiger partial charge in [0.05, 0.1) is 0 Å². The molecule has 1 aliphatic rings. The van der Waals surface area contributed by atoms with Crippen molar-refractivity contribution in [1.82, 2.24) is 5.43 Å². The zero-order chi connectivity index (χ0) is 11.0. The van der Waals surface area contributed by atoms with Crippen molar-refractivity contribution >= 4 is 16.7 Å². The van der Waals surface area contributed by atoms with Crippen LogP contribution in [0.3, 0.4) is 0 Å². The highest BCUT2D eigenvalue weighted by molar-refractivity contribution is 5.79. The molecule has 1 aromatic carbocycles. The number of anilines is 1. The van der Waals surface area contributed by atoms with Gasteiger partial charge in [-0.2, -0.15) is 0 Å². The molecule has 3 rings (SSSR count). The lowest BCUT2D eigenvalue weighted by atomic mass is 10.2. The van der Waals surface area contributed by atoms with Gasteiger partial charge in [0.15, 0.2) is 0 Å². The van der Waals surface area contributed by atoms with Crippen LogP contribution in [0, 0.1) is 0 Å². The Balaban J connectivity index is 2.21. The van der Waals surface area contributed by atoms with Gasteiger partial charge >= 0.3 is 5.63 Å². The summed E-state index contributed by atoms with van der Waals surface area (Å²) in [5.74, 6) is 0. The molecule has 0 saturated heterocycles. The maximum absolute atomic E-state index is 11.7. The SMILES string of the molecule is O=c1oc2ccccc2cc1N1C=CCN1. The molecule has 0 spiro atoms. The smallest absolute Gasteiger partial charge is 0.361 e. The number of nitrogens with one attached hydrogen (secondary N) is 1. The van der Waals surface area contributed by atoms with Crippen molar-refractivity contribution < 1.29 is 4.42 Å². The maximum atomic E-state index is 11.7. The summed E-state index contributed by atoms with van der Waals surface area (Å²) in [5, 5.41) is 2.59. The average Bonchev–Trinajstić information content (AvgIpc) is 2.81. The first-order valence-electron chi connectivity index (χ1n) is 5.07. The van der Waals surface area contributed by atoms with E-state index < -0.39 is 0 Å². The zero-order valence-corrected chi connectivity index (χ0v) is 8.51. The highest BCUT2D eigenvalue weighted by Crippen LogP contribution is 2.18. The molecular weight excluding hydrogens is 204 g/mol. The fourth-order valence-electron chi connectivity index (χ4n) is 1.75. The fraction of sp³-hybridized carbons (Fsp3) is 0.0833. The molecule has 1 N–H and O–H groups in total. The second-order valence-corrected chi connectivity index (χ2v) is 3.57. The van der Waals surface area contributed by atoms with E-state index in [4.69, 9.17) is 4.42 Å². The van der Waals surface area contributed by atoms with Gasteiger partial charge in [0.1, 0.15) is 11.3 Å². The van der Waals surface area contributed by atoms with Gasteiger partial charge in [0.2, 0.25) is 0 Å². The van der Waals surface area contributed by atoms with E-state index in [1.807, 2.05) is 36.5 Å². The van der Waals surface area contributed by atoms with Gasteiger partial charge in [-0.05, 0) is 12.1 Å². The first-order chi connectivity index (χ1) is 7.84. The predicted molar refractivity (Wildman–Crippen MR) is 62.1 cm³/mol. The van der Waals surface area contributed by atoms with Crippen LogP contribution in [0.5, 0.6) is 0 Å². The van der Waals surface area contributed by atoms with Gasteiger partial charge in [0, 0.05) is 18.1 Å². The minimum atomic E-state index is -0.335. The van der Waals surface area contributed by atoms with Crippen LogP contribution in [0.2, 0.25) is 0 Å². The molecule has 0 fully saturated rings. The van der Waals surface area contributed by atoms with E-state index in [1.54, 1.807) is 11.1 Å². The monoisotopic (exact) mass is 214 g/mol. The summed E-state index contributed by atoms with van der Waals surface area (Å²) in [6.45, 7) is 0.728. The second kappa shape index (κ2) is 3.50. The first-order valence-corrected chi connectivity index (χ1v) is 5.07. The Bertz CT molecular complexity index is 616. The predicted octanol–water partition coefficient (Wildman–Crippen LogP) is 1.63. The van der Waals surface area contributed by atoms with E-state index in [2.05, 4.69) is 5.43 Å². The lowest BCUT2D eigenvalue weighted by molar-refractivity contribution is 0.557. The maximum Gasteiger partial charge on any atom is 0.361 e. The van der Waals surface area contributed by atoms with Gasteiger partial charge in [-0.3, -0.25) is 5.01 Å². The number of fused-ring (bicyclic) bond motifs is 1. The zero-order valence-electron chi connectivity index (χ0n) is 8.51. The highest BCUT2D eigenvalue weighted by atomic mass is 16.4. The molecule has 4 heteroatoms. The Morgan fingerprint density at radius 1 is 1.31 bits per heavy atom. The molecule has 0 bridgehead atoms. The molecule has 4 nitrogen and oxygen atoms in total. The average molecular weight is 214 g/mol. The number of hydrogen-bond acceptors (Lipinski definition) is 4. The van der Waals surface area contributed by atoms with Gasteiger partial charge in [-0.15, -0.1) is 0 Å². The molecular formula is C12H10N2O2. The molecule has 2 aromatic rings. The topological polar surface area (TPSA) is 45.5 Å². The molecule has 0 radical (unpaired) electrons. The fourth-order valence-corrected chi connectivity index (χ4v) is 1.75. The molecule has 80 valence electrons. The number of para-hydroxylation sites is 1. The third kappa shape index (κ3) is 1.40. The summed E-state index contributed by atoms with van der Waals surface area (Å²) < 4.78 is 5.23. The van der Waals surface area contributed by atoms with Crippen LogP contribution in [0.25, 0.3) is 11.0 Å². The molecule has 16 heavy (non-hydrogen) atoms. The third-order valence-corrected chi connectivity index (χ3v) is 2.52. The Kier molecular flexibility index (Phi) is 2.01. The van der Waals surface area contributed by atoms with Crippen molar-refractivity contribution in [2.45, 2.75) is 0 Å². The Labute approximate surface area is 91.8 Å². The van der Waals surface area contributed by atoms with Crippen LogP contribution in [-0.4, -0.2) is 6.54 Å². The number of benzene rings is 1. The summed E-state index contributed by atoms with van der Waals surface area (Å²) in [6.07, 6.45) is 3.76. The molecule has 0 aliphatic carbocycles. The minimum absolute atomic E-state index is 0.335. The van der Waals surface area contributed by atoms with Crippen molar-refractivity contribution in [3.05, 3.63) is 53.0 Å². The van der Waals surface area contributed by atoms with Gasteiger partial charge < -0.3 is 4.42 Å². The summed E-state index contributed by atoms with van der Waals surface area (Å²) in [6, 6.07) is 9.29. The molecule has 0 atom stereocenters. The van der Waals surface area contributed by atoms with Gasteiger partial charge in [0.25, 0.3) is 0 Å². The van der Waals surface area contributed by atoms with E-state index in [-0.39, 0.29) is 5.63 Å². The lowest BCUT2D eigenvalue weighted by Crippen LogP contribution is -2.31. The number of hydrazine groups is 1. The first kappa shape index (κ1) is 9.18. The summed E-state index contributed by atoms with van der Waals surface area (Å²) in [7, 11) is 0. The third-order valence-electron chi connectivity index (χ3n) is 2.52. The van der Waals surface area contributed by atoms with E-state index in [0.29, 0.717) is 11.3 Å². The van der Waals surface area contributed by atoms with E-state index >= 15 is 0 Å². The van der Waals surface area contributed by atoms with E-state index in [0.717, 1.165) is 11.9 Å². The van der Waals surface area contributed by atoms with E-state index in [1.165, 1.54) is 0 Å². The number of nitrogens with zero attached hydrogens (tertiary/aromatic N) is 1. The summed E-state index contributed by atoms with van der Waals surface area (Å²) >= 11 is 0. The van der Waals surface area contributed by atoms with Crippen LogP contribution in [-0.2, 0) is 0 Å². The number of hydrogen-bond donors (Lipinski definition) is 1. The van der Waals surface area contributed by atoms with Crippen LogP contribution >= 0.6 is 0 Å². The minimum Gasteiger partial charge on any atom is -0.421 e. The Morgan fingerprint density at radius 3 is 3.00 bits per heavy atom. The van der Waals surface area contributed by atoms with Crippen molar-refractivity contribution in [2.24, 2.45) is 0 Å². The second-order valence-electron chi connectivity index (χ2n) is 3.57. The summed E-state index contributed by atoms with van der Waals surface area (Å²) in [5.41, 5.74) is 3.82. The van der Waals surface area contributed by atoms with Crippen molar-refractivity contribution in [3.63, 3.8) is 0 Å². The molecule has 0 unspecified atom stereocenters. The van der Waals surface area contributed by atoms with Crippen LogP contribution < -0.4 is 16.1 Å². The Morgan fingerprint density at radius 2 is 2.19 bits per heavy atom.